The highest BCUT2D eigenvalue weighted by atomic mass is 35.5. The van der Waals surface area contributed by atoms with Gasteiger partial charge in [0.05, 0.1) is 6.04 Å². The lowest BCUT2D eigenvalue weighted by Crippen LogP contribution is -2.23. The lowest BCUT2D eigenvalue weighted by molar-refractivity contribution is 0.588. The number of aliphatic imine (C=N–C) groups is 1. The van der Waals surface area contributed by atoms with Crippen molar-refractivity contribution in [2.24, 2.45) is 10.7 Å². The fourth-order valence-corrected chi connectivity index (χ4v) is 2.35. The number of benzene rings is 2. The van der Waals surface area contributed by atoms with E-state index >= 15 is 0 Å². The number of hydrogen-bond donors (Lipinski definition) is 1. The number of fused-ring (bicyclic) bond motifs is 1. The van der Waals surface area contributed by atoms with Gasteiger partial charge in [-0.3, -0.25) is 4.99 Å². The van der Waals surface area contributed by atoms with Crippen LogP contribution in [-0.2, 0) is 6.42 Å². The van der Waals surface area contributed by atoms with Crippen LogP contribution in [0.1, 0.15) is 22.7 Å². The number of amidine groups is 1. The highest BCUT2D eigenvalue weighted by molar-refractivity contribution is 5.99. The highest BCUT2D eigenvalue weighted by Gasteiger charge is 2.22. The molecule has 0 spiro atoms. The second kappa shape index (κ2) is 5.41. The van der Waals surface area contributed by atoms with Gasteiger partial charge < -0.3 is 5.73 Å². The van der Waals surface area contributed by atoms with E-state index in [0.717, 1.165) is 11.1 Å². The Labute approximate surface area is 117 Å². The van der Waals surface area contributed by atoms with Crippen molar-refractivity contribution in [1.82, 2.24) is 0 Å². The maximum Gasteiger partial charge on any atom is 0.127 e. The van der Waals surface area contributed by atoms with Crippen molar-refractivity contribution in [3.63, 3.8) is 0 Å². The summed E-state index contributed by atoms with van der Waals surface area (Å²) >= 11 is 0. The van der Waals surface area contributed by atoms with E-state index in [1.54, 1.807) is 6.07 Å². The molecule has 0 bridgehead atoms. The summed E-state index contributed by atoms with van der Waals surface area (Å²) in [6, 6.07) is 14.7. The topological polar surface area (TPSA) is 38.4 Å². The van der Waals surface area contributed by atoms with E-state index in [0.29, 0.717) is 17.8 Å². The van der Waals surface area contributed by atoms with Crippen molar-refractivity contribution in [1.29, 1.82) is 0 Å². The molecule has 2 aromatic rings. The molecule has 1 aliphatic rings. The van der Waals surface area contributed by atoms with Crippen LogP contribution < -0.4 is 5.73 Å². The number of rotatable bonds is 1. The molecule has 0 saturated heterocycles. The Morgan fingerprint density at radius 1 is 1.05 bits per heavy atom. The average Bonchev–Trinajstić information content (AvgIpc) is 2.41. The molecule has 0 saturated carbocycles. The molecule has 1 unspecified atom stereocenters. The van der Waals surface area contributed by atoms with E-state index in [1.807, 2.05) is 36.4 Å². The molecule has 0 aliphatic carbocycles. The molecule has 4 heteroatoms. The van der Waals surface area contributed by atoms with Gasteiger partial charge in [0, 0.05) is 17.5 Å². The average molecular weight is 277 g/mol. The summed E-state index contributed by atoms with van der Waals surface area (Å²) in [5.41, 5.74) is 8.38. The van der Waals surface area contributed by atoms with Gasteiger partial charge in [-0.15, -0.1) is 12.4 Å². The Morgan fingerprint density at radius 3 is 2.53 bits per heavy atom. The predicted octanol–water partition coefficient (Wildman–Crippen LogP) is 3.25. The first-order valence-electron chi connectivity index (χ1n) is 5.91. The second-order valence-electron chi connectivity index (χ2n) is 4.41. The summed E-state index contributed by atoms with van der Waals surface area (Å²) in [7, 11) is 0. The minimum atomic E-state index is -0.203. The Balaban J connectivity index is 0.00000133. The second-order valence-corrected chi connectivity index (χ2v) is 4.41. The third kappa shape index (κ3) is 2.47. The van der Waals surface area contributed by atoms with Crippen LogP contribution in [0.3, 0.4) is 0 Å². The van der Waals surface area contributed by atoms with Crippen molar-refractivity contribution in [3.8, 4) is 0 Å². The Kier molecular flexibility index (Phi) is 3.86. The first-order chi connectivity index (χ1) is 8.75. The summed E-state index contributed by atoms with van der Waals surface area (Å²) in [5.74, 6) is 0.218. The first kappa shape index (κ1) is 13.6. The summed E-state index contributed by atoms with van der Waals surface area (Å²) < 4.78 is 13.8. The number of nitrogens with two attached hydrogens (primary N) is 1. The molecule has 2 nitrogen and oxygen atoms in total. The van der Waals surface area contributed by atoms with Crippen LogP contribution in [0, 0.1) is 5.82 Å². The fraction of sp³-hybridized carbons (Fsp3) is 0.133. The van der Waals surface area contributed by atoms with Gasteiger partial charge in [-0.05, 0) is 11.6 Å². The SMILES string of the molecule is Cl.NC1=NC(c2ccccc2)Cc2c(F)cccc21. The summed E-state index contributed by atoms with van der Waals surface area (Å²) in [6.07, 6.45) is 0.562. The minimum absolute atomic E-state index is 0. The molecule has 0 amide bonds. The third-order valence-corrected chi connectivity index (χ3v) is 3.27. The molecular formula is C15H14ClFN2. The number of nitrogens with zero attached hydrogens (tertiary/aromatic N) is 1. The smallest absolute Gasteiger partial charge is 0.127 e. The van der Waals surface area contributed by atoms with Crippen molar-refractivity contribution in [2.45, 2.75) is 12.5 Å². The van der Waals surface area contributed by atoms with E-state index in [4.69, 9.17) is 5.73 Å². The lowest BCUT2D eigenvalue weighted by atomic mass is 9.92. The Bertz CT molecular complexity index is 611. The monoisotopic (exact) mass is 276 g/mol. The molecule has 1 atom stereocenters. The Morgan fingerprint density at radius 2 is 1.79 bits per heavy atom. The predicted molar refractivity (Wildman–Crippen MR) is 77.3 cm³/mol. The van der Waals surface area contributed by atoms with E-state index in [9.17, 15) is 4.39 Å². The zero-order valence-electron chi connectivity index (χ0n) is 10.2. The highest BCUT2D eigenvalue weighted by Crippen LogP contribution is 2.29. The normalized spacial score (nSPS) is 17.1. The van der Waals surface area contributed by atoms with E-state index < -0.39 is 0 Å². The van der Waals surface area contributed by atoms with Crippen LogP contribution in [0.25, 0.3) is 0 Å². The van der Waals surface area contributed by atoms with Crippen LogP contribution >= 0.6 is 12.4 Å². The van der Waals surface area contributed by atoms with Crippen LogP contribution in [-0.4, -0.2) is 5.84 Å². The summed E-state index contributed by atoms with van der Waals surface area (Å²) in [4.78, 5) is 4.46. The largest absolute Gasteiger partial charge is 0.383 e. The van der Waals surface area contributed by atoms with Gasteiger partial charge in [0.1, 0.15) is 11.7 Å². The van der Waals surface area contributed by atoms with Crippen molar-refractivity contribution < 1.29 is 4.39 Å². The molecule has 0 aromatic heterocycles. The van der Waals surface area contributed by atoms with Gasteiger partial charge in [0.15, 0.2) is 0 Å². The van der Waals surface area contributed by atoms with Crippen LogP contribution in [0.2, 0.25) is 0 Å². The van der Waals surface area contributed by atoms with Gasteiger partial charge in [0.25, 0.3) is 0 Å². The maximum atomic E-state index is 13.8. The van der Waals surface area contributed by atoms with Crippen molar-refractivity contribution in [3.05, 3.63) is 71.0 Å². The van der Waals surface area contributed by atoms with Gasteiger partial charge in [-0.25, -0.2) is 4.39 Å². The molecule has 2 N–H and O–H groups in total. The fourth-order valence-electron chi connectivity index (χ4n) is 2.35. The van der Waals surface area contributed by atoms with E-state index in [2.05, 4.69) is 4.99 Å². The van der Waals surface area contributed by atoms with Crippen molar-refractivity contribution >= 4 is 18.2 Å². The van der Waals surface area contributed by atoms with Gasteiger partial charge in [-0.2, -0.15) is 0 Å². The minimum Gasteiger partial charge on any atom is -0.383 e. The molecule has 2 aromatic carbocycles. The van der Waals surface area contributed by atoms with Gasteiger partial charge in [0.2, 0.25) is 0 Å². The molecule has 1 aliphatic heterocycles. The molecular weight excluding hydrogens is 263 g/mol. The van der Waals surface area contributed by atoms with E-state index in [1.165, 1.54) is 6.07 Å². The maximum absolute atomic E-state index is 13.8. The lowest BCUT2D eigenvalue weighted by Gasteiger charge is -2.22. The van der Waals surface area contributed by atoms with Crippen LogP contribution in [0.4, 0.5) is 4.39 Å². The molecule has 3 rings (SSSR count). The molecule has 19 heavy (non-hydrogen) atoms. The van der Waals surface area contributed by atoms with Crippen molar-refractivity contribution in [2.75, 3.05) is 0 Å². The zero-order chi connectivity index (χ0) is 12.5. The number of hydrogen-bond acceptors (Lipinski definition) is 2. The summed E-state index contributed by atoms with van der Waals surface area (Å²) in [6.45, 7) is 0. The molecule has 0 fully saturated rings. The number of halogens is 2. The zero-order valence-corrected chi connectivity index (χ0v) is 11.0. The summed E-state index contributed by atoms with van der Waals surface area (Å²) in [5, 5.41) is 0. The first-order valence-corrected chi connectivity index (χ1v) is 5.91. The molecule has 98 valence electrons. The van der Waals surface area contributed by atoms with Gasteiger partial charge in [-0.1, -0.05) is 42.5 Å². The van der Waals surface area contributed by atoms with E-state index in [-0.39, 0.29) is 24.3 Å². The van der Waals surface area contributed by atoms with Crippen LogP contribution in [0.5, 0.6) is 0 Å². The standard InChI is InChI=1S/C15H13FN2.ClH/c16-13-8-4-7-11-12(13)9-14(18-15(11)17)10-5-2-1-3-6-10;/h1-8,14H,9H2,(H2,17,18);1H. The van der Waals surface area contributed by atoms with Crippen LogP contribution in [0.15, 0.2) is 53.5 Å². The molecule has 1 heterocycles. The quantitative estimate of drug-likeness (QED) is 0.853. The van der Waals surface area contributed by atoms with Gasteiger partial charge >= 0.3 is 0 Å². The third-order valence-electron chi connectivity index (χ3n) is 3.27. The Hall–Kier alpha value is -1.87. The molecule has 0 radical (unpaired) electrons.